The van der Waals surface area contributed by atoms with Gasteiger partial charge in [0.1, 0.15) is 17.9 Å². The van der Waals surface area contributed by atoms with Gasteiger partial charge in [0.25, 0.3) is 5.91 Å². The molecule has 1 saturated heterocycles. The lowest BCUT2D eigenvalue weighted by Crippen LogP contribution is -2.53. The summed E-state index contributed by atoms with van der Waals surface area (Å²) >= 11 is 0. The molecule has 3 N–H and O–H groups in total. The minimum absolute atomic E-state index is 0.0335. The van der Waals surface area contributed by atoms with Gasteiger partial charge in [-0.2, -0.15) is 22.0 Å². The number of alkyl halides is 5. The van der Waals surface area contributed by atoms with Crippen LogP contribution in [-0.2, 0) is 20.2 Å². The largest absolute Gasteiger partial charge is 0.410 e. The molecule has 0 spiro atoms. The minimum Gasteiger partial charge on any atom is -0.382 e. The van der Waals surface area contributed by atoms with E-state index in [4.69, 9.17) is 4.74 Å². The second-order valence-electron chi connectivity index (χ2n) is 11.0. The second kappa shape index (κ2) is 13.2. The summed E-state index contributed by atoms with van der Waals surface area (Å²) in [6.07, 6.45) is -0.783. The normalized spacial score (nSPS) is 22.4. The van der Waals surface area contributed by atoms with E-state index in [1.165, 1.54) is 37.6 Å². The molecule has 1 aromatic heterocycles. The zero-order valence-corrected chi connectivity index (χ0v) is 23.7. The summed E-state index contributed by atoms with van der Waals surface area (Å²) in [5.74, 6) is -6.33. The Morgan fingerprint density at radius 2 is 1.77 bits per heavy atom. The SMILES string of the molecule is COCC(c1ccnc(NC(=O)C(NC(=O)C(F)(F)c2ccccc2)C2CCC(C)CC2)c1)N1C[C@H](C(F)(F)F)NC1=O. The van der Waals surface area contributed by atoms with E-state index in [-0.39, 0.29) is 12.4 Å². The molecule has 14 heteroatoms. The summed E-state index contributed by atoms with van der Waals surface area (Å²) in [5.41, 5.74) is -0.186. The number of hydrogen-bond donors (Lipinski definition) is 3. The van der Waals surface area contributed by atoms with Crippen LogP contribution in [0.2, 0.25) is 0 Å². The summed E-state index contributed by atoms with van der Waals surface area (Å²) in [6.45, 7) is 1.25. The smallest absolute Gasteiger partial charge is 0.382 e. The first kappa shape index (κ1) is 32.1. The van der Waals surface area contributed by atoms with Gasteiger partial charge in [0, 0.05) is 18.9 Å². The highest BCUT2D eigenvalue weighted by Gasteiger charge is 2.49. The average Bonchev–Trinajstić information content (AvgIpc) is 3.37. The van der Waals surface area contributed by atoms with E-state index in [1.807, 2.05) is 5.32 Å². The van der Waals surface area contributed by atoms with Crippen LogP contribution >= 0.6 is 0 Å². The molecular weight excluding hydrogens is 577 g/mol. The zero-order valence-electron chi connectivity index (χ0n) is 23.7. The highest BCUT2D eigenvalue weighted by Crippen LogP contribution is 2.34. The molecule has 2 aromatic rings. The Morgan fingerprint density at radius 3 is 2.37 bits per heavy atom. The summed E-state index contributed by atoms with van der Waals surface area (Å²) in [4.78, 5) is 43.9. The first-order valence-corrected chi connectivity index (χ1v) is 13.9. The van der Waals surface area contributed by atoms with Crippen molar-refractivity contribution in [3.8, 4) is 0 Å². The molecule has 1 aliphatic heterocycles. The molecule has 3 atom stereocenters. The number of amides is 4. The Hall–Kier alpha value is -3.81. The lowest BCUT2D eigenvalue weighted by atomic mass is 9.79. The monoisotopic (exact) mass is 611 g/mol. The maximum Gasteiger partial charge on any atom is 0.410 e. The fraction of sp³-hybridized carbons (Fsp3) is 0.517. The van der Waals surface area contributed by atoms with Gasteiger partial charge in [-0.15, -0.1) is 0 Å². The molecule has 1 aliphatic carbocycles. The fourth-order valence-corrected chi connectivity index (χ4v) is 5.49. The van der Waals surface area contributed by atoms with E-state index in [9.17, 15) is 27.6 Å². The van der Waals surface area contributed by atoms with Crippen LogP contribution in [0.15, 0.2) is 48.7 Å². The molecule has 0 bridgehead atoms. The number of aromatic nitrogens is 1. The number of ether oxygens (including phenoxy) is 1. The van der Waals surface area contributed by atoms with Gasteiger partial charge in [0.15, 0.2) is 0 Å². The molecule has 9 nitrogen and oxygen atoms in total. The van der Waals surface area contributed by atoms with E-state index in [0.29, 0.717) is 24.3 Å². The summed E-state index contributed by atoms with van der Waals surface area (Å²) in [7, 11) is 1.33. The predicted octanol–water partition coefficient (Wildman–Crippen LogP) is 4.77. The number of hydrogen-bond acceptors (Lipinski definition) is 5. The van der Waals surface area contributed by atoms with Gasteiger partial charge < -0.3 is 25.6 Å². The minimum atomic E-state index is -4.65. The Balaban J connectivity index is 1.55. The predicted molar refractivity (Wildman–Crippen MR) is 146 cm³/mol. The first-order valence-electron chi connectivity index (χ1n) is 13.9. The molecule has 2 aliphatic rings. The Morgan fingerprint density at radius 1 is 1.09 bits per heavy atom. The van der Waals surface area contributed by atoms with Gasteiger partial charge in [-0.1, -0.05) is 50.1 Å². The molecule has 4 amide bonds. The van der Waals surface area contributed by atoms with E-state index >= 15 is 8.78 Å². The molecular formula is C29H34F5N5O4. The van der Waals surface area contributed by atoms with Crippen molar-refractivity contribution in [2.24, 2.45) is 11.8 Å². The van der Waals surface area contributed by atoms with E-state index in [1.54, 1.807) is 6.07 Å². The number of pyridine rings is 1. The van der Waals surface area contributed by atoms with Crippen molar-refractivity contribution < 1.29 is 41.1 Å². The van der Waals surface area contributed by atoms with Crippen molar-refractivity contribution in [1.82, 2.24) is 20.5 Å². The second-order valence-corrected chi connectivity index (χ2v) is 11.0. The van der Waals surface area contributed by atoms with Crippen molar-refractivity contribution in [2.45, 2.75) is 62.8 Å². The van der Waals surface area contributed by atoms with Gasteiger partial charge in [-0.05, 0) is 42.4 Å². The summed E-state index contributed by atoms with van der Waals surface area (Å²) < 4.78 is 75.1. The van der Waals surface area contributed by atoms with Crippen LogP contribution in [0.25, 0.3) is 0 Å². The lowest BCUT2D eigenvalue weighted by molar-refractivity contribution is -0.150. The van der Waals surface area contributed by atoms with Crippen LogP contribution in [0.4, 0.5) is 32.6 Å². The molecule has 1 aromatic carbocycles. The third kappa shape index (κ3) is 7.59. The van der Waals surface area contributed by atoms with Crippen LogP contribution in [0.3, 0.4) is 0 Å². The topological polar surface area (TPSA) is 113 Å². The number of nitrogens with zero attached hydrogens (tertiary/aromatic N) is 2. The van der Waals surface area contributed by atoms with Crippen molar-refractivity contribution in [3.63, 3.8) is 0 Å². The molecule has 2 unspecified atom stereocenters. The summed E-state index contributed by atoms with van der Waals surface area (Å²) in [6, 6.07) is 4.16. The van der Waals surface area contributed by atoms with Gasteiger partial charge >= 0.3 is 18.1 Å². The van der Waals surface area contributed by atoms with Gasteiger partial charge in [-0.25, -0.2) is 9.78 Å². The highest BCUT2D eigenvalue weighted by molar-refractivity contribution is 5.98. The zero-order chi connectivity index (χ0) is 31.4. The quantitative estimate of drug-likeness (QED) is 0.336. The van der Waals surface area contributed by atoms with E-state index < -0.39 is 66.1 Å². The Labute approximate surface area is 245 Å². The van der Waals surface area contributed by atoms with E-state index in [0.717, 1.165) is 29.9 Å². The van der Waals surface area contributed by atoms with Gasteiger partial charge in [0.05, 0.1) is 19.2 Å². The Bertz CT molecular complexity index is 1290. The number of carbonyl (C=O) groups excluding carboxylic acids is 3. The van der Waals surface area contributed by atoms with Crippen molar-refractivity contribution in [3.05, 3.63) is 59.8 Å². The third-order valence-corrected chi connectivity index (χ3v) is 7.98. The molecule has 1 saturated carbocycles. The third-order valence-electron chi connectivity index (χ3n) is 7.98. The number of carbonyl (C=O) groups is 3. The van der Waals surface area contributed by atoms with Gasteiger partial charge in [0.2, 0.25) is 5.91 Å². The number of halogens is 5. The maximum atomic E-state index is 15.0. The summed E-state index contributed by atoms with van der Waals surface area (Å²) in [5, 5.41) is 6.76. The number of methoxy groups -OCH3 is 1. The lowest BCUT2D eigenvalue weighted by Gasteiger charge is -2.33. The number of urea groups is 1. The van der Waals surface area contributed by atoms with Crippen LogP contribution in [0.1, 0.15) is 49.8 Å². The van der Waals surface area contributed by atoms with Crippen molar-refractivity contribution in [1.29, 1.82) is 0 Å². The first-order chi connectivity index (χ1) is 20.3. The van der Waals surface area contributed by atoms with Crippen molar-refractivity contribution in [2.75, 3.05) is 25.6 Å². The standard InChI is InChI=1S/C29H34F5N5O4/c1-17-8-10-18(11-9-17)24(38-26(41)28(30,31)20-6-4-3-5-7-20)25(40)37-23-14-19(12-13-35-23)21(16-43-2)39-15-22(29(32,33)34)36-27(39)42/h3-7,12-14,17-18,21-22,24H,8-11,15-16H2,1-2H3,(H,36,42)(H,38,41)(H,35,37,40)/t17?,18?,21?,22-,24?/m1/s1. The molecule has 0 radical (unpaired) electrons. The highest BCUT2D eigenvalue weighted by atomic mass is 19.4. The number of anilines is 1. The average molecular weight is 612 g/mol. The molecule has 43 heavy (non-hydrogen) atoms. The molecule has 2 fully saturated rings. The van der Waals surface area contributed by atoms with Gasteiger partial charge in [-0.3, -0.25) is 9.59 Å². The van der Waals surface area contributed by atoms with Crippen LogP contribution in [0, 0.1) is 11.8 Å². The molecule has 2 heterocycles. The number of rotatable bonds is 10. The van der Waals surface area contributed by atoms with E-state index in [2.05, 4.69) is 22.5 Å². The maximum absolute atomic E-state index is 15.0. The Kier molecular flexibility index (Phi) is 9.88. The number of nitrogens with one attached hydrogen (secondary N) is 3. The van der Waals surface area contributed by atoms with Crippen molar-refractivity contribution >= 4 is 23.7 Å². The van der Waals surface area contributed by atoms with Crippen LogP contribution in [0.5, 0.6) is 0 Å². The fourth-order valence-electron chi connectivity index (χ4n) is 5.49. The molecule has 234 valence electrons. The number of benzene rings is 1. The van der Waals surface area contributed by atoms with Crippen LogP contribution < -0.4 is 16.0 Å². The van der Waals surface area contributed by atoms with Crippen LogP contribution in [-0.4, -0.2) is 66.3 Å². The molecule has 4 rings (SSSR count).